The molecule has 1 aromatic carbocycles. The third-order valence-electron chi connectivity index (χ3n) is 6.08. The van der Waals surface area contributed by atoms with Crippen molar-refractivity contribution < 1.29 is 23.1 Å². The number of benzene rings is 1. The van der Waals surface area contributed by atoms with Gasteiger partial charge in [-0.05, 0) is 61.9 Å². The van der Waals surface area contributed by atoms with Gasteiger partial charge in [0, 0.05) is 31.9 Å². The van der Waals surface area contributed by atoms with Crippen LogP contribution in [0.1, 0.15) is 34.5 Å². The molecule has 1 aliphatic rings. The number of halogens is 2. The summed E-state index contributed by atoms with van der Waals surface area (Å²) in [6.07, 6.45) is 3.62. The van der Waals surface area contributed by atoms with Crippen LogP contribution < -0.4 is 5.32 Å². The van der Waals surface area contributed by atoms with Crippen LogP contribution in [0.15, 0.2) is 30.5 Å². The Kier molecular flexibility index (Phi) is 6.31. The first kappa shape index (κ1) is 22.7. The molecule has 33 heavy (non-hydrogen) atoms. The molecule has 1 fully saturated rings. The van der Waals surface area contributed by atoms with Crippen molar-refractivity contribution in [3.05, 3.63) is 58.9 Å². The van der Waals surface area contributed by atoms with E-state index in [2.05, 4.69) is 10.3 Å². The van der Waals surface area contributed by atoms with Crippen molar-refractivity contribution >= 4 is 17.6 Å². The van der Waals surface area contributed by atoms with E-state index in [-0.39, 0.29) is 28.8 Å². The molecule has 0 bridgehead atoms. The minimum Gasteiger partial charge on any atom is -0.453 e. The molecule has 0 saturated carbocycles. The van der Waals surface area contributed by atoms with Crippen LogP contribution in [0.2, 0.25) is 0 Å². The normalized spacial score (nSPS) is 16.2. The minimum absolute atomic E-state index is 0.0778. The van der Waals surface area contributed by atoms with Crippen molar-refractivity contribution in [3.63, 3.8) is 0 Å². The predicted molar refractivity (Wildman–Crippen MR) is 119 cm³/mol. The Morgan fingerprint density at radius 3 is 2.64 bits per heavy atom. The number of carbonyl (C=O) groups excluding carboxylic acids is 2. The number of fused-ring (bicyclic) bond motifs is 1. The van der Waals surface area contributed by atoms with Gasteiger partial charge in [-0.15, -0.1) is 0 Å². The maximum atomic E-state index is 15.1. The number of pyridine rings is 1. The van der Waals surface area contributed by atoms with Gasteiger partial charge < -0.3 is 19.4 Å². The highest BCUT2D eigenvalue weighted by Crippen LogP contribution is 2.33. The Labute approximate surface area is 190 Å². The number of nitrogens with zero attached hydrogens (tertiary/aromatic N) is 3. The van der Waals surface area contributed by atoms with Gasteiger partial charge in [0.2, 0.25) is 0 Å². The second-order valence-electron chi connectivity index (χ2n) is 8.36. The lowest BCUT2D eigenvalue weighted by atomic mass is 9.92. The van der Waals surface area contributed by atoms with Crippen LogP contribution in [0.4, 0.5) is 13.6 Å². The number of hydrogen-bond acceptors (Lipinski definition) is 4. The molecular weight excluding hydrogens is 430 g/mol. The fourth-order valence-corrected chi connectivity index (χ4v) is 4.47. The number of nitrogens with one attached hydrogen (secondary N) is 1. The number of aryl methyl sites for hydroxylation is 1. The lowest BCUT2D eigenvalue weighted by Gasteiger charge is -2.31. The second-order valence-corrected chi connectivity index (χ2v) is 8.36. The van der Waals surface area contributed by atoms with Crippen molar-refractivity contribution in [1.82, 2.24) is 19.6 Å². The topological polar surface area (TPSA) is 75.9 Å². The Morgan fingerprint density at radius 1 is 1.24 bits per heavy atom. The third-order valence-corrected chi connectivity index (χ3v) is 6.08. The van der Waals surface area contributed by atoms with Gasteiger partial charge in [-0.1, -0.05) is 0 Å². The summed E-state index contributed by atoms with van der Waals surface area (Å²) in [5.74, 6) is -2.20. The number of rotatable bonds is 4. The number of ether oxygens (including phenoxy) is 1. The highest BCUT2D eigenvalue weighted by molar-refractivity contribution is 5.94. The molecule has 1 saturated heterocycles. The highest BCUT2D eigenvalue weighted by atomic mass is 19.1. The van der Waals surface area contributed by atoms with E-state index in [9.17, 15) is 9.59 Å². The Morgan fingerprint density at radius 2 is 1.97 bits per heavy atom. The number of aromatic nitrogens is 2. The first-order chi connectivity index (χ1) is 15.8. The van der Waals surface area contributed by atoms with Gasteiger partial charge in [-0.25, -0.2) is 18.6 Å². The summed E-state index contributed by atoms with van der Waals surface area (Å²) >= 11 is 0. The zero-order chi connectivity index (χ0) is 23.7. The Bertz CT molecular complexity index is 1200. The number of amides is 2. The first-order valence-corrected chi connectivity index (χ1v) is 10.8. The number of piperidine rings is 1. The third kappa shape index (κ3) is 4.40. The SMILES string of the molecule is CNC(=O)c1cc(F)c(-c2nc3cc(C)ccn3c2C[C@@H]2CCCN(C(=O)OC)C2)c(F)c1. The summed E-state index contributed by atoms with van der Waals surface area (Å²) in [5, 5.41) is 2.37. The molecule has 4 rings (SSSR count). The van der Waals surface area contributed by atoms with Gasteiger partial charge in [0.1, 0.15) is 17.3 Å². The molecule has 3 heterocycles. The van der Waals surface area contributed by atoms with Gasteiger partial charge in [-0.3, -0.25) is 4.79 Å². The van der Waals surface area contributed by atoms with Crippen molar-refractivity contribution in [3.8, 4) is 11.3 Å². The molecule has 1 N–H and O–H groups in total. The Balaban J connectivity index is 1.79. The van der Waals surface area contributed by atoms with Crippen LogP contribution >= 0.6 is 0 Å². The number of imidazole rings is 1. The summed E-state index contributed by atoms with van der Waals surface area (Å²) in [6.45, 7) is 3.03. The molecule has 2 amide bonds. The van der Waals surface area contributed by atoms with Crippen LogP contribution in [0.5, 0.6) is 0 Å². The van der Waals surface area contributed by atoms with E-state index in [1.807, 2.05) is 29.7 Å². The van der Waals surface area contributed by atoms with Crippen molar-refractivity contribution in [1.29, 1.82) is 0 Å². The van der Waals surface area contributed by atoms with E-state index < -0.39 is 17.5 Å². The average Bonchev–Trinajstić information content (AvgIpc) is 3.14. The largest absolute Gasteiger partial charge is 0.453 e. The van der Waals surface area contributed by atoms with E-state index in [0.717, 1.165) is 30.5 Å². The van der Waals surface area contributed by atoms with E-state index in [4.69, 9.17) is 4.74 Å². The first-order valence-electron chi connectivity index (χ1n) is 10.8. The van der Waals surface area contributed by atoms with Crippen molar-refractivity contribution in [2.45, 2.75) is 26.2 Å². The van der Waals surface area contributed by atoms with Crippen LogP contribution in [0.25, 0.3) is 16.9 Å². The summed E-state index contributed by atoms with van der Waals surface area (Å²) in [6, 6.07) is 5.81. The Hall–Kier alpha value is -3.49. The molecule has 0 spiro atoms. The monoisotopic (exact) mass is 456 g/mol. The average molecular weight is 456 g/mol. The maximum absolute atomic E-state index is 15.1. The number of hydrogen-bond donors (Lipinski definition) is 1. The lowest BCUT2D eigenvalue weighted by Crippen LogP contribution is -2.40. The molecule has 7 nitrogen and oxygen atoms in total. The molecule has 1 atom stereocenters. The zero-order valence-electron chi connectivity index (χ0n) is 18.8. The van der Waals surface area contributed by atoms with Gasteiger partial charge in [0.05, 0.1) is 24.1 Å². The molecule has 9 heteroatoms. The van der Waals surface area contributed by atoms with E-state index in [0.29, 0.717) is 30.9 Å². The van der Waals surface area contributed by atoms with Crippen molar-refractivity contribution in [2.75, 3.05) is 27.2 Å². The lowest BCUT2D eigenvalue weighted by molar-refractivity contribution is 0.0961. The molecular formula is C24H26F2N4O3. The maximum Gasteiger partial charge on any atom is 0.409 e. The molecule has 0 radical (unpaired) electrons. The zero-order valence-corrected chi connectivity index (χ0v) is 18.8. The summed E-state index contributed by atoms with van der Waals surface area (Å²) in [5.41, 5.74) is 2.05. The van der Waals surface area contributed by atoms with Crippen LogP contribution in [0.3, 0.4) is 0 Å². The molecule has 3 aromatic rings. The van der Waals surface area contributed by atoms with E-state index >= 15 is 8.78 Å². The minimum atomic E-state index is -0.852. The van der Waals surface area contributed by atoms with Gasteiger partial charge in [-0.2, -0.15) is 0 Å². The van der Waals surface area contributed by atoms with Crippen LogP contribution in [-0.4, -0.2) is 53.5 Å². The van der Waals surface area contributed by atoms with Gasteiger partial charge in [0.25, 0.3) is 5.91 Å². The molecule has 1 aliphatic heterocycles. The summed E-state index contributed by atoms with van der Waals surface area (Å²) in [7, 11) is 2.75. The standard InChI is InChI=1S/C24H26F2N4O3/c1-14-6-8-30-19(10-15-5-4-7-29(13-15)24(32)33-3)22(28-20(30)9-14)21-17(25)11-16(12-18(21)26)23(31)27-2/h6,8-9,11-12,15H,4-5,7,10,13H2,1-3H3,(H,27,31)/t15-/m0/s1. The molecule has 174 valence electrons. The predicted octanol–water partition coefficient (Wildman–Crippen LogP) is 3.97. The number of methoxy groups -OCH3 is 1. The molecule has 0 unspecified atom stereocenters. The van der Waals surface area contributed by atoms with Crippen LogP contribution in [0, 0.1) is 24.5 Å². The number of likely N-dealkylation sites (tertiary alicyclic amines) is 1. The smallest absolute Gasteiger partial charge is 0.409 e. The molecule has 0 aliphatic carbocycles. The summed E-state index contributed by atoms with van der Waals surface area (Å²) < 4.78 is 37.0. The molecule has 2 aromatic heterocycles. The second kappa shape index (κ2) is 9.17. The van der Waals surface area contributed by atoms with Gasteiger partial charge >= 0.3 is 6.09 Å². The quantitative estimate of drug-likeness (QED) is 0.645. The summed E-state index contributed by atoms with van der Waals surface area (Å²) in [4.78, 5) is 30.1. The fraction of sp³-hybridized carbons (Fsp3) is 0.375. The van der Waals surface area contributed by atoms with Crippen molar-refractivity contribution in [2.24, 2.45) is 5.92 Å². The van der Waals surface area contributed by atoms with Gasteiger partial charge in [0.15, 0.2) is 0 Å². The number of carbonyl (C=O) groups is 2. The highest BCUT2D eigenvalue weighted by Gasteiger charge is 2.28. The fourth-order valence-electron chi connectivity index (χ4n) is 4.47. The van der Waals surface area contributed by atoms with E-state index in [1.165, 1.54) is 14.2 Å². The van der Waals surface area contributed by atoms with E-state index in [1.54, 1.807) is 4.90 Å². The van der Waals surface area contributed by atoms with Crippen LogP contribution in [-0.2, 0) is 11.2 Å².